The zero-order chi connectivity index (χ0) is 20.8. The molecule has 0 unspecified atom stereocenters. The second-order valence-corrected chi connectivity index (χ2v) is 7.12. The largest absolute Gasteiger partial charge is 0.335 e. The van der Waals surface area contributed by atoms with E-state index in [0.29, 0.717) is 42.8 Å². The van der Waals surface area contributed by atoms with Gasteiger partial charge in [-0.05, 0) is 30.7 Å². The summed E-state index contributed by atoms with van der Waals surface area (Å²) in [5.41, 5.74) is 2.21. The van der Waals surface area contributed by atoms with Crippen molar-refractivity contribution in [3.05, 3.63) is 40.7 Å². The first kappa shape index (κ1) is 19.0. The average Bonchev–Trinajstić information content (AvgIpc) is 3.36. The minimum atomic E-state index is -3.10. The SMILES string of the molecule is Cc1cc(C(=O)N2CCN(C(=O)c3cc(C(C)(F)F)[nH]n3)CC2)cc2n[nH]nc12. The number of alkyl halides is 2. The molecule has 2 amide bonds. The van der Waals surface area contributed by atoms with E-state index in [4.69, 9.17) is 0 Å². The molecule has 1 aromatic carbocycles. The van der Waals surface area contributed by atoms with Crippen molar-refractivity contribution in [2.24, 2.45) is 0 Å². The molecule has 0 saturated carbocycles. The molecule has 1 saturated heterocycles. The molecule has 0 atom stereocenters. The first-order valence-corrected chi connectivity index (χ1v) is 9.07. The van der Waals surface area contributed by atoms with Crippen LogP contribution in [-0.2, 0) is 5.92 Å². The maximum Gasteiger partial charge on any atom is 0.286 e. The summed E-state index contributed by atoms with van der Waals surface area (Å²) in [6.07, 6.45) is 0. The van der Waals surface area contributed by atoms with Crippen LogP contribution in [0.25, 0.3) is 11.0 Å². The number of halogens is 2. The van der Waals surface area contributed by atoms with Crippen LogP contribution in [0.1, 0.15) is 39.0 Å². The Morgan fingerprint density at radius 2 is 1.66 bits per heavy atom. The number of carbonyl (C=O) groups excluding carboxylic acids is 2. The molecule has 0 radical (unpaired) electrons. The van der Waals surface area contributed by atoms with Gasteiger partial charge in [-0.1, -0.05) is 0 Å². The summed E-state index contributed by atoms with van der Waals surface area (Å²) in [5.74, 6) is -3.69. The van der Waals surface area contributed by atoms with Crippen molar-refractivity contribution in [3.8, 4) is 0 Å². The van der Waals surface area contributed by atoms with E-state index in [1.165, 1.54) is 4.90 Å². The fraction of sp³-hybridized carbons (Fsp3) is 0.389. The van der Waals surface area contributed by atoms with Crippen molar-refractivity contribution in [1.29, 1.82) is 0 Å². The van der Waals surface area contributed by atoms with Gasteiger partial charge in [-0.3, -0.25) is 14.7 Å². The molecule has 4 rings (SSSR count). The standard InChI is InChI=1S/C18H19F2N7O2/c1-10-7-11(8-12-15(10)24-25-22-12)16(28)26-3-5-27(6-4-26)17(29)13-9-14(23-21-13)18(2,19)20/h7-9H,3-6H2,1-2H3,(H,21,23)(H,22,24,25). The number of rotatable bonds is 3. The van der Waals surface area contributed by atoms with E-state index in [2.05, 4.69) is 25.6 Å². The van der Waals surface area contributed by atoms with Crippen LogP contribution in [0.2, 0.25) is 0 Å². The van der Waals surface area contributed by atoms with Gasteiger partial charge in [0.15, 0.2) is 5.69 Å². The maximum atomic E-state index is 13.3. The average molecular weight is 403 g/mol. The number of amides is 2. The van der Waals surface area contributed by atoms with Gasteiger partial charge in [0, 0.05) is 38.7 Å². The number of aromatic nitrogens is 5. The minimum absolute atomic E-state index is 0.0617. The Balaban J connectivity index is 1.42. The lowest BCUT2D eigenvalue weighted by Crippen LogP contribution is -2.50. The molecule has 9 nitrogen and oxygen atoms in total. The maximum absolute atomic E-state index is 13.3. The van der Waals surface area contributed by atoms with E-state index in [0.717, 1.165) is 18.6 Å². The Hall–Kier alpha value is -3.37. The Morgan fingerprint density at radius 1 is 1.00 bits per heavy atom. The molecule has 2 N–H and O–H groups in total. The second kappa shape index (κ2) is 6.90. The third kappa shape index (κ3) is 3.55. The lowest BCUT2D eigenvalue weighted by Gasteiger charge is -2.34. The number of H-pyrrole nitrogens is 2. The van der Waals surface area contributed by atoms with Crippen LogP contribution in [0.4, 0.5) is 8.78 Å². The predicted octanol–water partition coefficient (Wildman–Crippen LogP) is 1.70. The molecule has 3 aromatic rings. The van der Waals surface area contributed by atoms with Crippen LogP contribution in [0, 0.1) is 6.92 Å². The van der Waals surface area contributed by atoms with E-state index in [1.807, 2.05) is 6.92 Å². The number of nitrogens with one attached hydrogen (secondary N) is 2. The van der Waals surface area contributed by atoms with Crippen LogP contribution >= 0.6 is 0 Å². The Labute approximate surface area is 164 Å². The Bertz CT molecular complexity index is 1080. The van der Waals surface area contributed by atoms with Gasteiger partial charge in [0.2, 0.25) is 0 Å². The van der Waals surface area contributed by atoms with Crippen LogP contribution < -0.4 is 0 Å². The number of aromatic amines is 2. The topological polar surface area (TPSA) is 111 Å². The van der Waals surface area contributed by atoms with Crippen molar-refractivity contribution in [2.75, 3.05) is 26.2 Å². The normalized spacial score (nSPS) is 15.2. The fourth-order valence-electron chi connectivity index (χ4n) is 3.36. The van der Waals surface area contributed by atoms with Gasteiger partial charge in [-0.15, -0.1) is 0 Å². The first-order chi connectivity index (χ1) is 13.7. The summed E-state index contributed by atoms with van der Waals surface area (Å²) in [4.78, 5) is 28.5. The van der Waals surface area contributed by atoms with Crippen molar-refractivity contribution < 1.29 is 18.4 Å². The monoisotopic (exact) mass is 403 g/mol. The summed E-state index contributed by atoms with van der Waals surface area (Å²) in [7, 11) is 0. The number of benzene rings is 1. The number of nitrogens with zero attached hydrogens (tertiary/aromatic N) is 5. The summed E-state index contributed by atoms with van der Waals surface area (Å²) in [6.45, 7) is 3.85. The molecule has 152 valence electrons. The smallest absolute Gasteiger partial charge is 0.286 e. The lowest BCUT2D eigenvalue weighted by atomic mass is 10.1. The molecule has 0 bridgehead atoms. The second-order valence-electron chi connectivity index (χ2n) is 7.12. The number of hydrogen-bond donors (Lipinski definition) is 2. The third-order valence-electron chi connectivity index (χ3n) is 4.98. The predicted molar refractivity (Wildman–Crippen MR) is 98.6 cm³/mol. The molecular weight excluding hydrogens is 384 g/mol. The minimum Gasteiger partial charge on any atom is -0.335 e. The first-order valence-electron chi connectivity index (χ1n) is 9.07. The van der Waals surface area contributed by atoms with Gasteiger partial charge in [0.1, 0.15) is 16.7 Å². The highest BCUT2D eigenvalue weighted by atomic mass is 19.3. The lowest BCUT2D eigenvalue weighted by molar-refractivity contribution is 0.0127. The van der Waals surface area contributed by atoms with Gasteiger partial charge in [0.25, 0.3) is 17.7 Å². The zero-order valence-corrected chi connectivity index (χ0v) is 15.9. The summed E-state index contributed by atoms with van der Waals surface area (Å²) in [6, 6.07) is 4.51. The van der Waals surface area contributed by atoms with Crippen LogP contribution in [0.5, 0.6) is 0 Å². The molecular formula is C18H19F2N7O2. The molecule has 29 heavy (non-hydrogen) atoms. The van der Waals surface area contributed by atoms with Crippen molar-refractivity contribution >= 4 is 22.8 Å². The molecule has 3 heterocycles. The fourth-order valence-corrected chi connectivity index (χ4v) is 3.36. The van der Waals surface area contributed by atoms with Crippen molar-refractivity contribution in [3.63, 3.8) is 0 Å². The Morgan fingerprint density at radius 3 is 2.28 bits per heavy atom. The number of piperazine rings is 1. The molecule has 11 heteroatoms. The van der Waals surface area contributed by atoms with Gasteiger partial charge in [0.05, 0.1) is 0 Å². The highest BCUT2D eigenvalue weighted by Gasteiger charge is 2.31. The molecule has 1 fully saturated rings. The van der Waals surface area contributed by atoms with Gasteiger partial charge in [-0.2, -0.15) is 29.3 Å². The molecule has 2 aromatic heterocycles. The highest BCUT2D eigenvalue weighted by Crippen LogP contribution is 2.25. The van der Waals surface area contributed by atoms with Gasteiger partial charge in [-0.25, -0.2) is 0 Å². The van der Waals surface area contributed by atoms with E-state index in [1.54, 1.807) is 17.0 Å². The number of fused-ring (bicyclic) bond motifs is 1. The number of hydrogen-bond acceptors (Lipinski definition) is 5. The van der Waals surface area contributed by atoms with E-state index < -0.39 is 17.5 Å². The van der Waals surface area contributed by atoms with Crippen molar-refractivity contribution in [2.45, 2.75) is 19.8 Å². The summed E-state index contributed by atoms with van der Waals surface area (Å²) in [5, 5.41) is 16.5. The van der Waals surface area contributed by atoms with Crippen LogP contribution in [0.15, 0.2) is 18.2 Å². The molecule has 0 aliphatic carbocycles. The van der Waals surface area contributed by atoms with E-state index in [9.17, 15) is 18.4 Å². The quantitative estimate of drug-likeness (QED) is 0.692. The van der Waals surface area contributed by atoms with E-state index in [-0.39, 0.29) is 11.6 Å². The van der Waals surface area contributed by atoms with E-state index >= 15 is 0 Å². The summed E-state index contributed by atoms with van der Waals surface area (Å²) < 4.78 is 26.7. The Kier molecular flexibility index (Phi) is 4.52. The van der Waals surface area contributed by atoms with Gasteiger partial charge >= 0.3 is 0 Å². The third-order valence-corrected chi connectivity index (χ3v) is 4.98. The highest BCUT2D eigenvalue weighted by molar-refractivity contribution is 5.98. The zero-order valence-electron chi connectivity index (χ0n) is 15.9. The summed E-state index contributed by atoms with van der Waals surface area (Å²) >= 11 is 0. The molecule has 0 spiro atoms. The number of aryl methyl sites for hydroxylation is 1. The van der Waals surface area contributed by atoms with Gasteiger partial charge < -0.3 is 9.80 Å². The van der Waals surface area contributed by atoms with Crippen LogP contribution in [-0.4, -0.2) is 73.4 Å². The van der Waals surface area contributed by atoms with Crippen LogP contribution in [0.3, 0.4) is 0 Å². The molecule has 1 aliphatic rings. The number of carbonyl (C=O) groups is 2. The van der Waals surface area contributed by atoms with Crippen molar-refractivity contribution in [1.82, 2.24) is 35.4 Å². The molecule has 1 aliphatic heterocycles.